The van der Waals surface area contributed by atoms with Crippen LogP contribution < -0.4 is 9.64 Å². The van der Waals surface area contributed by atoms with E-state index in [0.717, 1.165) is 5.56 Å². The number of hydrogen-bond donors (Lipinski definition) is 0. The third-order valence-electron chi connectivity index (χ3n) is 5.92. The van der Waals surface area contributed by atoms with Crippen LogP contribution in [0.15, 0.2) is 91.7 Å². The van der Waals surface area contributed by atoms with Crippen molar-refractivity contribution in [3.63, 3.8) is 0 Å². The summed E-state index contributed by atoms with van der Waals surface area (Å²) >= 11 is 0. The van der Waals surface area contributed by atoms with Crippen LogP contribution in [0.25, 0.3) is 11.7 Å². The topological polar surface area (TPSA) is 106 Å². The zero-order valence-electron chi connectivity index (χ0n) is 19.7. The molecule has 5 rings (SSSR count). The van der Waals surface area contributed by atoms with Crippen LogP contribution in [0.3, 0.4) is 0 Å². The predicted molar refractivity (Wildman–Crippen MR) is 132 cm³/mol. The van der Waals surface area contributed by atoms with Crippen LogP contribution in [0.2, 0.25) is 0 Å². The number of carbonyl (C=O) groups excluding carboxylic acids is 1. The smallest absolute Gasteiger partial charge is 0.266 e. The molecule has 2 aromatic carbocycles. The lowest BCUT2D eigenvalue weighted by atomic mass is 10.2. The summed E-state index contributed by atoms with van der Waals surface area (Å²) in [5.74, 6) is 1.03. The highest BCUT2D eigenvalue weighted by Gasteiger charge is 2.34. The molecule has 2 aromatic heterocycles. The van der Waals surface area contributed by atoms with Crippen molar-refractivity contribution in [3.05, 3.63) is 78.6 Å². The van der Waals surface area contributed by atoms with Crippen LogP contribution in [-0.2, 0) is 14.6 Å². The van der Waals surface area contributed by atoms with Gasteiger partial charge in [0.2, 0.25) is 20.7 Å². The Balaban J connectivity index is 1.33. The number of hydrogen-bond acceptors (Lipinski definition) is 8. The molecule has 0 bridgehead atoms. The summed E-state index contributed by atoms with van der Waals surface area (Å²) in [5.41, 5.74) is 1.11. The number of benzene rings is 2. The molecule has 0 N–H and O–H groups in total. The number of aromatic nitrogens is 1. The predicted octanol–water partition coefficient (Wildman–Crippen LogP) is 3.80. The fourth-order valence-corrected chi connectivity index (χ4v) is 5.26. The maximum Gasteiger partial charge on any atom is 0.266 e. The Labute approximate surface area is 208 Å². The number of amides is 1. The Morgan fingerprint density at radius 2 is 1.69 bits per heavy atom. The first-order valence-electron chi connectivity index (χ1n) is 11.5. The second kappa shape index (κ2) is 9.90. The van der Waals surface area contributed by atoms with Gasteiger partial charge in [0.1, 0.15) is 5.75 Å². The molecule has 0 saturated carbocycles. The number of anilines is 1. The first kappa shape index (κ1) is 23.7. The van der Waals surface area contributed by atoms with E-state index in [-0.39, 0.29) is 34.2 Å². The molecule has 4 aromatic rings. The molecule has 3 heterocycles. The van der Waals surface area contributed by atoms with Crippen LogP contribution in [0.5, 0.6) is 5.75 Å². The number of oxazole rings is 1. The minimum Gasteiger partial charge on any atom is -0.484 e. The van der Waals surface area contributed by atoms with Gasteiger partial charge in [0.15, 0.2) is 12.4 Å². The summed E-state index contributed by atoms with van der Waals surface area (Å²) in [6.45, 7) is 3.44. The molecule has 10 heteroatoms. The van der Waals surface area contributed by atoms with Gasteiger partial charge in [-0.3, -0.25) is 4.79 Å². The standard InChI is InChI=1S/C26H25N3O6S/c1-19-9-11-20(12-10-19)34-18-23(30)28-13-15-29(16-14-28)26-25(27-24(35-26)22-8-5-17-33-22)36(31,32)21-6-3-2-4-7-21/h2-12,17H,13-16,18H2,1H3. The molecule has 1 saturated heterocycles. The lowest BCUT2D eigenvalue weighted by Gasteiger charge is -2.34. The van der Waals surface area contributed by atoms with Gasteiger partial charge < -0.3 is 23.4 Å². The van der Waals surface area contributed by atoms with Gasteiger partial charge >= 0.3 is 0 Å². The number of aryl methyl sites for hydroxylation is 1. The van der Waals surface area contributed by atoms with Crippen LogP contribution >= 0.6 is 0 Å². The van der Waals surface area contributed by atoms with Gasteiger partial charge in [-0.2, -0.15) is 4.98 Å². The van der Waals surface area contributed by atoms with Crippen LogP contribution in [0.4, 0.5) is 5.88 Å². The van der Waals surface area contributed by atoms with E-state index in [1.54, 1.807) is 40.1 Å². The van der Waals surface area contributed by atoms with E-state index in [2.05, 4.69) is 4.98 Å². The molecular formula is C26H25N3O6S. The number of nitrogens with zero attached hydrogens (tertiary/aromatic N) is 3. The van der Waals surface area contributed by atoms with Crippen molar-refractivity contribution in [2.24, 2.45) is 0 Å². The number of carbonyl (C=O) groups is 1. The summed E-state index contributed by atoms with van der Waals surface area (Å²) < 4.78 is 43.8. The molecular weight excluding hydrogens is 482 g/mol. The summed E-state index contributed by atoms with van der Waals surface area (Å²) in [5, 5.41) is -0.178. The maximum atomic E-state index is 13.4. The van der Waals surface area contributed by atoms with Crippen LogP contribution in [0, 0.1) is 6.92 Å². The maximum absolute atomic E-state index is 13.4. The average molecular weight is 508 g/mol. The highest BCUT2D eigenvalue weighted by Crippen LogP contribution is 2.35. The molecule has 0 atom stereocenters. The van der Waals surface area contributed by atoms with Crippen molar-refractivity contribution < 1.29 is 26.8 Å². The number of ether oxygens (including phenoxy) is 1. The normalized spacial score (nSPS) is 14.1. The quantitative estimate of drug-likeness (QED) is 0.372. The van der Waals surface area contributed by atoms with Crippen molar-refractivity contribution in [1.29, 1.82) is 0 Å². The summed E-state index contributed by atoms with van der Waals surface area (Å²) in [4.78, 5) is 20.6. The molecule has 0 aliphatic carbocycles. The number of sulfone groups is 1. The van der Waals surface area contributed by atoms with E-state index in [1.165, 1.54) is 18.4 Å². The lowest BCUT2D eigenvalue weighted by molar-refractivity contribution is -0.133. The number of rotatable bonds is 7. The van der Waals surface area contributed by atoms with Gasteiger partial charge in [0.05, 0.1) is 11.2 Å². The SMILES string of the molecule is Cc1ccc(OCC(=O)N2CCN(c3oc(-c4ccco4)nc3S(=O)(=O)c3ccccc3)CC2)cc1. The third-order valence-corrected chi connectivity index (χ3v) is 7.59. The van der Waals surface area contributed by atoms with E-state index >= 15 is 0 Å². The van der Waals surface area contributed by atoms with E-state index < -0.39 is 9.84 Å². The molecule has 9 nitrogen and oxygen atoms in total. The molecule has 1 fully saturated rings. The Bertz CT molecular complexity index is 1420. The largest absolute Gasteiger partial charge is 0.484 e. The van der Waals surface area contributed by atoms with Crippen molar-refractivity contribution in [3.8, 4) is 17.4 Å². The van der Waals surface area contributed by atoms with Gasteiger partial charge in [-0.05, 0) is 43.3 Å². The number of piperazine rings is 1. The van der Waals surface area contributed by atoms with E-state index in [1.807, 2.05) is 31.2 Å². The summed E-state index contributed by atoms with van der Waals surface area (Å²) in [6, 6.07) is 18.9. The Kier molecular flexibility index (Phi) is 6.51. The molecule has 0 unspecified atom stereocenters. The minimum atomic E-state index is -3.95. The number of furan rings is 1. The first-order chi connectivity index (χ1) is 17.4. The Morgan fingerprint density at radius 1 is 0.972 bits per heavy atom. The lowest BCUT2D eigenvalue weighted by Crippen LogP contribution is -2.50. The molecule has 1 aliphatic rings. The van der Waals surface area contributed by atoms with Gasteiger partial charge in [0, 0.05) is 26.2 Å². The Morgan fingerprint density at radius 3 is 2.36 bits per heavy atom. The molecule has 1 aliphatic heterocycles. The van der Waals surface area contributed by atoms with E-state index in [9.17, 15) is 13.2 Å². The summed E-state index contributed by atoms with van der Waals surface area (Å²) in [7, 11) is -3.95. The van der Waals surface area contributed by atoms with Gasteiger partial charge in [-0.15, -0.1) is 0 Å². The molecule has 186 valence electrons. The average Bonchev–Trinajstić information content (AvgIpc) is 3.60. The monoisotopic (exact) mass is 507 g/mol. The second-order valence-corrected chi connectivity index (χ2v) is 10.3. The van der Waals surface area contributed by atoms with Crippen molar-refractivity contribution >= 4 is 21.6 Å². The van der Waals surface area contributed by atoms with Crippen LogP contribution in [-0.4, -0.2) is 57.0 Å². The Hall–Kier alpha value is -4.05. The summed E-state index contributed by atoms with van der Waals surface area (Å²) in [6.07, 6.45) is 1.47. The van der Waals surface area contributed by atoms with E-state index in [0.29, 0.717) is 37.7 Å². The van der Waals surface area contributed by atoms with Gasteiger partial charge in [0.25, 0.3) is 11.8 Å². The zero-order chi connectivity index (χ0) is 25.1. The van der Waals surface area contributed by atoms with Gasteiger partial charge in [-0.25, -0.2) is 8.42 Å². The fraction of sp³-hybridized carbons (Fsp3) is 0.231. The van der Waals surface area contributed by atoms with Crippen molar-refractivity contribution in [1.82, 2.24) is 9.88 Å². The van der Waals surface area contributed by atoms with Crippen molar-refractivity contribution in [2.45, 2.75) is 16.8 Å². The first-order valence-corrected chi connectivity index (χ1v) is 13.0. The minimum absolute atomic E-state index is 0.0678. The molecule has 1 amide bonds. The molecule has 0 radical (unpaired) electrons. The molecule has 36 heavy (non-hydrogen) atoms. The second-order valence-electron chi connectivity index (χ2n) is 8.39. The third kappa shape index (κ3) is 4.85. The molecule has 0 spiro atoms. The van der Waals surface area contributed by atoms with Crippen molar-refractivity contribution in [2.75, 3.05) is 37.7 Å². The van der Waals surface area contributed by atoms with E-state index in [4.69, 9.17) is 13.6 Å². The fourth-order valence-electron chi connectivity index (χ4n) is 3.92. The zero-order valence-corrected chi connectivity index (χ0v) is 20.5. The van der Waals surface area contributed by atoms with Gasteiger partial charge in [-0.1, -0.05) is 35.9 Å². The van der Waals surface area contributed by atoms with Crippen LogP contribution in [0.1, 0.15) is 5.56 Å². The highest BCUT2D eigenvalue weighted by atomic mass is 32.2. The highest BCUT2D eigenvalue weighted by molar-refractivity contribution is 7.91.